The lowest BCUT2D eigenvalue weighted by atomic mass is 10.1. The lowest BCUT2D eigenvalue weighted by Crippen LogP contribution is -2.34. The molecule has 2 heterocycles. The molecule has 1 aromatic carbocycles. The molecule has 3 rings (SSSR count). The Morgan fingerprint density at radius 1 is 1.08 bits per heavy atom. The van der Waals surface area contributed by atoms with Crippen molar-refractivity contribution in [1.82, 2.24) is 25.4 Å². The van der Waals surface area contributed by atoms with Crippen LogP contribution in [0.15, 0.2) is 42.6 Å². The van der Waals surface area contributed by atoms with Crippen molar-refractivity contribution in [3.05, 3.63) is 53.4 Å². The van der Waals surface area contributed by atoms with Gasteiger partial charge in [0.05, 0.1) is 11.4 Å². The highest BCUT2D eigenvalue weighted by molar-refractivity contribution is 6.30. The van der Waals surface area contributed by atoms with E-state index in [4.69, 9.17) is 11.6 Å². The lowest BCUT2D eigenvalue weighted by molar-refractivity contribution is -0.116. The molecule has 3 aromatic rings. The van der Waals surface area contributed by atoms with Gasteiger partial charge in [-0.2, -0.15) is 0 Å². The van der Waals surface area contributed by atoms with Gasteiger partial charge in [0, 0.05) is 61.6 Å². The lowest BCUT2D eigenvalue weighted by Gasteiger charge is -2.21. The zero-order valence-corrected chi connectivity index (χ0v) is 21.5. The van der Waals surface area contributed by atoms with Gasteiger partial charge in [-0.3, -0.25) is 4.79 Å². The third-order valence-electron chi connectivity index (χ3n) is 5.41. The molecule has 2 aromatic heterocycles. The predicted octanol–water partition coefficient (Wildman–Crippen LogP) is 4.38. The van der Waals surface area contributed by atoms with Gasteiger partial charge >= 0.3 is 0 Å². The molecule has 0 aliphatic rings. The van der Waals surface area contributed by atoms with Crippen molar-refractivity contribution in [2.24, 2.45) is 0 Å². The van der Waals surface area contributed by atoms with Gasteiger partial charge in [-0.15, -0.1) is 10.2 Å². The first-order valence-corrected chi connectivity index (χ1v) is 12.2. The van der Waals surface area contributed by atoms with Crippen LogP contribution >= 0.6 is 11.6 Å². The predicted molar refractivity (Wildman–Crippen MR) is 143 cm³/mol. The maximum Gasteiger partial charge on any atom is 0.226 e. The summed E-state index contributed by atoms with van der Waals surface area (Å²) in [5, 5.41) is 20.9. The Labute approximate surface area is 215 Å². The van der Waals surface area contributed by atoms with Gasteiger partial charge in [-0.25, -0.2) is 9.37 Å². The Morgan fingerprint density at radius 2 is 1.92 bits per heavy atom. The van der Waals surface area contributed by atoms with Crippen molar-refractivity contribution in [1.29, 1.82) is 0 Å². The van der Waals surface area contributed by atoms with Crippen LogP contribution in [-0.2, 0) is 4.79 Å². The number of carbonyl (C=O) groups is 1. The van der Waals surface area contributed by atoms with Gasteiger partial charge < -0.3 is 26.2 Å². The van der Waals surface area contributed by atoms with E-state index in [1.807, 2.05) is 7.05 Å². The van der Waals surface area contributed by atoms with Crippen molar-refractivity contribution in [3.63, 3.8) is 0 Å². The fourth-order valence-electron chi connectivity index (χ4n) is 3.62. The van der Waals surface area contributed by atoms with Crippen molar-refractivity contribution in [2.45, 2.75) is 19.8 Å². The van der Waals surface area contributed by atoms with Crippen LogP contribution in [0, 0.1) is 5.82 Å². The molecule has 0 unspecified atom stereocenters. The van der Waals surface area contributed by atoms with Crippen LogP contribution in [0.1, 0.15) is 19.8 Å². The molecule has 0 fully saturated rings. The van der Waals surface area contributed by atoms with Crippen LogP contribution in [0.3, 0.4) is 0 Å². The smallest absolute Gasteiger partial charge is 0.226 e. The summed E-state index contributed by atoms with van der Waals surface area (Å²) >= 11 is 6.04. The highest BCUT2D eigenvalue weighted by Crippen LogP contribution is 2.30. The topological polar surface area (TPSA) is 107 Å². The van der Waals surface area contributed by atoms with Crippen LogP contribution in [0.5, 0.6) is 0 Å². The second-order valence-electron chi connectivity index (χ2n) is 8.16. The maximum atomic E-state index is 14.4. The molecule has 36 heavy (non-hydrogen) atoms. The number of benzene rings is 1. The third kappa shape index (κ3) is 7.84. The van der Waals surface area contributed by atoms with Crippen molar-refractivity contribution in [2.75, 3.05) is 56.2 Å². The summed E-state index contributed by atoms with van der Waals surface area (Å²) in [5.74, 6) is 0.345. The summed E-state index contributed by atoms with van der Waals surface area (Å²) < 4.78 is 14.4. The quantitative estimate of drug-likeness (QED) is 0.266. The summed E-state index contributed by atoms with van der Waals surface area (Å²) in [4.78, 5) is 19.1. The van der Waals surface area contributed by atoms with Gasteiger partial charge in [0.1, 0.15) is 11.6 Å². The number of rotatable bonds is 13. The second-order valence-corrected chi connectivity index (χ2v) is 8.60. The van der Waals surface area contributed by atoms with E-state index in [2.05, 4.69) is 48.3 Å². The van der Waals surface area contributed by atoms with Gasteiger partial charge in [-0.05, 0) is 50.3 Å². The molecular weight excluding hydrogens is 483 g/mol. The average molecular weight is 515 g/mol. The van der Waals surface area contributed by atoms with E-state index < -0.39 is 5.82 Å². The fourth-order valence-corrected chi connectivity index (χ4v) is 3.79. The van der Waals surface area contributed by atoms with Crippen LogP contribution in [0.25, 0.3) is 11.3 Å². The van der Waals surface area contributed by atoms with E-state index in [-0.39, 0.29) is 11.5 Å². The van der Waals surface area contributed by atoms with Crippen molar-refractivity contribution in [3.8, 4) is 11.3 Å². The fraction of sp³-hybridized carbons (Fsp3) is 0.360. The molecule has 0 radical (unpaired) electrons. The molecule has 192 valence electrons. The molecule has 0 bridgehead atoms. The summed E-state index contributed by atoms with van der Waals surface area (Å²) in [6.07, 6.45) is 3.00. The normalized spacial score (nSPS) is 10.9. The summed E-state index contributed by atoms with van der Waals surface area (Å²) in [6.45, 7) is 5.52. The Bertz CT molecular complexity index is 1160. The summed E-state index contributed by atoms with van der Waals surface area (Å²) in [5.41, 5.74) is 1.82. The summed E-state index contributed by atoms with van der Waals surface area (Å²) in [7, 11) is 3.63. The van der Waals surface area contributed by atoms with E-state index in [1.54, 1.807) is 31.4 Å². The Balaban J connectivity index is 1.71. The number of amides is 1. The van der Waals surface area contributed by atoms with E-state index in [0.29, 0.717) is 46.7 Å². The molecule has 9 nitrogen and oxygen atoms in total. The molecule has 0 aliphatic heterocycles. The number of anilines is 4. The largest absolute Gasteiger partial charge is 0.370 e. The van der Waals surface area contributed by atoms with E-state index in [9.17, 15) is 9.18 Å². The number of hydrogen-bond donors (Lipinski definition) is 4. The molecular formula is C25H32ClFN8O. The van der Waals surface area contributed by atoms with Gasteiger partial charge in [0.25, 0.3) is 0 Å². The standard InChI is InChI=1S/C25H32ClFN8O/c1-4-11-35(13-10-28-2)12-8-24(36)32-23-15-18(7-9-30-23)31-22-16-21(33-34-25(22)29-3)19-14-17(26)5-6-20(19)27/h5-7,9,14-16,28H,4,8,10-13H2,1-3H3,(H,29,34)(H2,30,31,32,33,36). The number of aromatic nitrogens is 3. The Morgan fingerprint density at radius 3 is 2.67 bits per heavy atom. The monoisotopic (exact) mass is 514 g/mol. The number of nitrogens with zero attached hydrogens (tertiary/aromatic N) is 4. The minimum Gasteiger partial charge on any atom is -0.370 e. The second kappa shape index (κ2) is 13.7. The number of nitrogens with one attached hydrogen (secondary N) is 4. The first kappa shape index (κ1) is 27.3. The summed E-state index contributed by atoms with van der Waals surface area (Å²) in [6, 6.07) is 9.44. The van der Waals surface area contributed by atoms with Crippen LogP contribution in [0.4, 0.5) is 27.4 Å². The van der Waals surface area contributed by atoms with Crippen LogP contribution in [-0.4, -0.2) is 66.3 Å². The molecule has 11 heteroatoms. The van der Waals surface area contributed by atoms with Crippen LogP contribution in [0.2, 0.25) is 5.02 Å². The molecule has 0 aliphatic carbocycles. The molecule has 0 saturated heterocycles. The molecule has 1 amide bonds. The number of likely N-dealkylation sites (N-methyl/N-ethyl adjacent to an activating group) is 1. The minimum absolute atomic E-state index is 0.106. The van der Waals surface area contributed by atoms with Crippen LogP contribution < -0.4 is 21.3 Å². The molecule has 0 saturated carbocycles. The Kier molecular flexibility index (Phi) is 10.3. The highest BCUT2D eigenvalue weighted by atomic mass is 35.5. The number of hydrogen-bond acceptors (Lipinski definition) is 8. The SMILES string of the molecule is CCCN(CCNC)CCC(=O)Nc1cc(Nc2cc(-c3cc(Cl)ccc3F)nnc2NC)ccn1. The zero-order chi connectivity index (χ0) is 25.9. The zero-order valence-electron chi connectivity index (χ0n) is 20.7. The van der Waals surface area contributed by atoms with E-state index >= 15 is 0 Å². The van der Waals surface area contributed by atoms with Gasteiger partial charge in [0.15, 0.2) is 5.82 Å². The maximum absolute atomic E-state index is 14.4. The number of pyridine rings is 1. The van der Waals surface area contributed by atoms with E-state index in [1.165, 1.54) is 18.2 Å². The average Bonchev–Trinajstić information content (AvgIpc) is 2.87. The third-order valence-corrected chi connectivity index (χ3v) is 5.65. The molecule has 0 spiro atoms. The molecule has 0 atom stereocenters. The minimum atomic E-state index is -0.450. The van der Waals surface area contributed by atoms with Gasteiger partial charge in [0.2, 0.25) is 5.91 Å². The Hall–Kier alpha value is -3.34. The van der Waals surface area contributed by atoms with Gasteiger partial charge in [-0.1, -0.05) is 18.5 Å². The first-order chi connectivity index (χ1) is 17.4. The first-order valence-electron chi connectivity index (χ1n) is 11.8. The number of halogens is 2. The van der Waals surface area contributed by atoms with Crippen molar-refractivity contribution < 1.29 is 9.18 Å². The highest BCUT2D eigenvalue weighted by Gasteiger charge is 2.13. The van der Waals surface area contributed by atoms with E-state index in [0.717, 1.165) is 26.1 Å². The van der Waals surface area contributed by atoms with Crippen molar-refractivity contribution >= 4 is 40.5 Å². The molecule has 4 N–H and O–H groups in total. The number of carbonyl (C=O) groups excluding carboxylic acids is 1.